The summed E-state index contributed by atoms with van der Waals surface area (Å²) in [5.41, 5.74) is 1.06. The van der Waals surface area contributed by atoms with Gasteiger partial charge in [0.2, 0.25) is 5.91 Å². The molecule has 1 aromatic heterocycles. The van der Waals surface area contributed by atoms with Crippen LogP contribution in [-0.4, -0.2) is 40.3 Å². The first-order valence-electron chi connectivity index (χ1n) is 9.01. The Bertz CT molecular complexity index is 802. The van der Waals surface area contributed by atoms with E-state index in [1.807, 2.05) is 13.8 Å². The van der Waals surface area contributed by atoms with Gasteiger partial charge in [-0.05, 0) is 51.0 Å². The second-order valence-electron chi connectivity index (χ2n) is 6.87. The minimum Gasteiger partial charge on any atom is -0.354 e. The van der Waals surface area contributed by atoms with Gasteiger partial charge in [-0.25, -0.2) is 9.37 Å². The zero-order valence-corrected chi connectivity index (χ0v) is 16.2. The molecule has 3 rings (SSSR count). The van der Waals surface area contributed by atoms with E-state index in [1.54, 1.807) is 22.4 Å². The summed E-state index contributed by atoms with van der Waals surface area (Å²) in [6, 6.07) is 6.23. The molecular formula is C19H23FN4O2S. The number of hydrogen-bond donors (Lipinski definition) is 2. The highest BCUT2D eigenvalue weighted by Gasteiger charge is 2.34. The third-order valence-electron chi connectivity index (χ3n) is 4.10. The summed E-state index contributed by atoms with van der Waals surface area (Å²) >= 11 is 1.32. The number of carbonyl (C=O) groups is 2. The molecule has 27 heavy (non-hydrogen) atoms. The number of aromatic nitrogens is 1. The van der Waals surface area contributed by atoms with Crippen molar-refractivity contribution in [2.24, 2.45) is 0 Å². The number of amides is 2. The van der Waals surface area contributed by atoms with Crippen molar-refractivity contribution >= 4 is 34.0 Å². The molecule has 2 N–H and O–H groups in total. The molecule has 2 amide bonds. The summed E-state index contributed by atoms with van der Waals surface area (Å²) in [7, 11) is 0. The minimum atomic E-state index is -0.308. The van der Waals surface area contributed by atoms with Crippen LogP contribution in [0.5, 0.6) is 0 Å². The molecule has 0 atom stereocenters. The van der Waals surface area contributed by atoms with E-state index >= 15 is 0 Å². The van der Waals surface area contributed by atoms with E-state index in [2.05, 4.69) is 15.6 Å². The quantitative estimate of drug-likeness (QED) is 0.723. The molecule has 0 bridgehead atoms. The smallest absolute Gasteiger partial charge is 0.273 e. The van der Waals surface area contributed by atoms with Gasteiger partial charge in [-0.2, -0.15) is 0 Å². The molecule has 0 saturated heterocycles. The number of thiazole rings is 1. The molecule has 1 saturated carbocycles. The van der Waals surface area contributed by atoms with E-state index in [-0.39, 0.29) is 36.1 Å². The van der Waals surface area contributed by atoms with Crippen molar-refractivity contribution in [1.29, 1.82) is 0 Å². The van der Waals surface area contributed by atoms with E-state index in [1.165, 1.54) is 23.5 Å². The lowest BCUT2D eigenvalue weighted by Crippen LogP contribution is -2.38. The van der Waals surface area contributed by atoms with Gasteiger partial charge in [-0.3, -0.25) is 9.59 Å². The zero-order chi connectivity index (χ0) is 19.4. The van der Waals surface area contributed by atoms with Gasteiger partial charge in [-0.15, -0.1) is 11.3 Å². The molecule has 1 heterocycles. The Labute approximate surface area is 161 Å². The monoisotopic (exact) mass is 390 g/mol. The molecule has 2 aromatic rings. The third-order valence-corrected chi connectivity index (χ3v) is 4.85. The zero-order valence-electron chi connectivity index (χ0n) is 15.4. The van der Waals surface area contributed by atoms with Crippen molar-refractivity contribution in [2.45, 2.75) is 45.2 Å². The lowest BCUT2D eigenvalue weighted by Gasteiger charge is -2.21. The first-order chi connectivity index (χ1) is 12.9. The number of halogens is 1. The van der Waals surface area contributed by atoms with Crippen LogP contribution in [0.1, 0.15) is 43.6 Å². The molecule has 0 aliphatic heterocycles. The van der Waals surface area contributed by atoms with Gasteiger partial charge in [0.25, 0.3) is 5.91 Å². The number of anilines is 2. The Balaban J connectivity index is 1.62. The van der Waals surface area contributed by atoms with Gasteiger partial charge in [0.05, 0.1) is 0 Å². The fourth-order valence-corrected chi connectivity index (χ4v) is 3.39. The van der Waals surface area contributed by atoms with Crippen LogP contribution in [0.3, 0.4) is 0 Å². The van der Waals surface area contributed by atoms with Gasteiger partial charge >= 0.3 is 0 Å². The van der Waals surface area contributed by atoms with Crippen molar-refractivity contribution in [1.82, 2.24) is 15.2 Å². The summed E-state index contributed by atoms with van der Waals surface area (Å²) in [6.07, 6.45) is 2.20. The second-order valence-corrected chi connectivity index (χ2v) is 7.73. The Morgan fingerprint density at radius 3 is 2.63 bits per heavy atom. The maximum Gasteiger partial charge on any atom is 0.273 e. The topological polar surface area (TPSA) is 74.3 Å². The Morgan fingerprint density at radius 1 is 1.30 bits per heavy atom. The van der Waals surface area contributed by atoms with Crippen molar-refractivity contribution in [3.8, 4) is 0 Å². The fraction of sp³-hybridized carbons (Fsp3) is 0.421. The van der Waals surface area contributed by atoms with Crippen LogP contribution in [0.4, 0.5) is 15.2 Å². The van der Waals surface area contributed by atoms with Gasteiger partial charge in [0.1, 0.15) is 11.5 Å². The first kappa shape index (κ1) is 19.3. The van der Waals surface area contributed by atoms with Crippen LogP contribution in [0.15, 0.2) is 29.6 Å². The summed E-state index contributed by atoms with van der Waals surface area (Å²) in [5, 5.41) is 8.19. The number of hydrogen-bond acceptors (Lipinski definition) is 5. The van der Waals surface area contributed by atoms with Crippen LogP contribution < -0.4 is 10.6 Å². The largest absolute Gasteiger partial charge is 0.354 e. The lowest BCUT2D eigenvalue weighted by atomic mass is 10.3. The average Bonchev–Trinajstić information content (AvgIpc) is 3.34. The first-order valence-corrected chi connectivity index (χ1v) is 9.89. The standard InChI is InChI=1S/C19H23FN4O2S/c1-12(2)21-17(25)9-10-24(15-7-8-15)18(26)16-11-27-19(23-16)22-14-5-3-13(20)4-6-14/h3-6,11-12,15H,7-10H2,1-2H3,(H,21,25)(H,22,23). The molecule has 1 fully saturated rings. The van der Waals surface area contributed by atoms with Crippen molar-refractivity contribution in [3.63, 3.8) is 0 Å². The van der Waals surface area contributed by atoms with Gasteiger partial charge < -0.3 is 15.5 Å². The maximum absolute atomic E-state index is 13.0. The van der Waals surface area contributed by atoms with Gasteiger partial charge in [0, 0.05) is 36.1 Å². The molecular weight excluding hydrogens is 367 g/mol. The lowest BCUT2D eigenvalue weighted by molar-refractivity contribution is -0.121. The summed E-state index contributed by atoms with van der Waals surface area (Å²) in [6.45, 7) is 4.21. The van der Waals surface area contributed by atoms with Gasteiger partial charge in [0.15, 0.2) is 5.13 Å². The molecule has 0 spiro atoms. The number of nitrogens with zero attached hydrogens (tertiary/aromatic N) is 2. The number of rotatable bonds is 8. The summed E-state index contributed by atoms with van der Waals surface area (Å²) < 4.78 is 13.0. The van der Waals surface area contributed by atoms with Gasteiger partial charge in [-0.1, -0.05) is 0 Å². The average molecular weight is 390 g/mol. The molecule has 0 radical (unpaired) electrons. The Morgan fingerprint density at radius 2 is 2.00 bits per heavy atom. The molecule has 1 aliphatic rings. The van der Waals surface area contributed by atoms with Crippen LogP contribution in [0.25, 0.3) is 0 Å². The van der Waals surface area contributed by atoms with Crippen LogP contribution >= 0.6 is 11.3 Å². The van der Waals surface area contributed by atoms with E-state index in [9.17, 15) is 14.0 Å². The maximum atomic E-state index is 13.0. The second kappa shape index (κ2) is 8.47. The molecule has 6 nitrogen and oxygen atoms in total. The predicted octanol–water partition coefficient (Wildman–Crippen LogP) is 3.55. The molecule has 144 valence electrons. The van der Waals surface area contributed by atoms with E-state index in [0.717, 1.165) is 12.8 Å². The van der Waals surface area contributed by atoms with Crippen LogP contribution in [0.2, 0.25) is 0 Å². The highest BCUT2D eigenvalue weighted by Crippen LogP contribution is 2.29. The van der Waals surface area contributed by atoms with Crippen LogP contribution in [-0.2, 0) is 4.79 Å². The fourth-order valence-electron chi connectivity index (χ4n) is 2.69. The molecule has 8 heteroatoms. The molecule has 1 aromatic carbocycles. The highest BCUT2D eigenvalue weighted by atomic mass is 32.1. The summed E-state index contributed by atoms with van der Waals surface area (Å²) in [5.74, 6) is -0.518. The van der Waals surface area contributed by atoms with E-state index < -0.39 is 0 Å². The SMILES string of the molecule is CC(C)NC(=O)CCN(C(=O)c1csc(Nc2ccc(F)cc2)n1)C1CC1. The third kappa shape index (κ3) is 5.50. The predicted molar refractivity (Wildman–Crippen MR) is 104 cm³/mol. The van der Waals surface area contributed by atoms with E-state index in [0.29, 0.717) is 23.1 Å². The molecule has 1 aliphatic carbocycles. The number of benzene rings is 1. The normalized spacial score (nSPS) is 13.5. The minimum absolute atomic E-state index is 0.0552. The summed E-state index contributed by atoms with van der Waals surface area (Å²) in [4.78, 5) is 30.8. The number of carbonyl (C=O) groups excluding carboxylic acids is 2. The van der Waals surface area contributed by atoms with Crippen LogP contribution in [0, 0.1) is 5.82 Å². The van der Waals surface area contributed by atoms with Crippen molar-refractivity contribution in [2.75, 3.05) is 11.9 Å². The van der Waals surface area contributed by atoms with Crippen molar-refractivity contribution in [3.05, 3.63) is 41.2 Å². The Hall–Kier alpha value is -2.48. The molecule has 0 unspecified atom stereocenters. The van der Waals surface area contributed by atoms with E-state index in [4.69, 9.17) is 0 Å². The highest BCUT2D eigenvalue weighted by molar-refractivity contribution is 7.14. The number of nitrogens with one attached hydrogen (secondary N) is 2. The Kier molecular flexibility index (Phi) is 6.05. The van der Waals surface area contributed by atoms with Crippen molar-refractivity contribution < 1.29 is 14.0 Å².